The molecule has 2 aromatic carbocycles. The van der Waals surface area contributed by atoms with Gasteiger partial charge in [-0.05, 0) is 49.6 Å². The average Bonchev–Trinajstić information content (AvgIpc) is 3.21. The first-order chi connectivity index (χ1) is 13.6. The predicted molar refractivity (Wildman–Crippen MR) is 106 cm³/mol. The number of aromatic hydroxyl groups is 1. The lowest BCUT2D eigenvalue weighted by atomic mass is 10.1. The third kappa shape index (κ3) is 3.92. The fourth-order valence-electron chi connectivity index (χ4n) is 3.26. The molecular weight excluding hydrogens is 356 g/mol. The number of aryl methyl sites for hydroxylation is 1. The van der Waals surface area contributed by atoms with E-state index in [4.69, 9.17) is 9.15 Å². The van der Waals surface area contributed by atoms with Gasteiger partial charge >= 0.3 is 0 Å². The minimum atomic E-state index is -0.262. The van der Waals surface area contributed by atoms with Crippen molar-refractivity contribution in [2.45, 2.75) is 25.9 Å². The molecular formula is C22H22N2O4. The molecule has 1 aromatic heterocycles. The Morgan fingerprint density at radius 3 is 2.89 bits per heavy atom. The van der Waals surface area contributed by atoms with Gasteiger partial charge in [0, 0.05) is 24.6 Å². The van der Waals surface area contributed by atoms with Gasteiger partial charge in [-0.1, -0.05) is 18.2 Å². The Bertz CT molecular complexity index is 1080. The fraction of sp³-hybridized carbons (Fsp3) is 0.273. The van der Waals surface area contributed by atoms with Crippen molar-refractivity contribution in [1.29, 1.82) is 0 Å². The number of hydrogen-bond acceptors (Lipinski definition) is 5. The van der Waals surface area contributed by atoms with Gasteiger partial charge in [-0.2, -0.15) is 0 Å². The van der Waals surface area contributed by atoms with Gasteiger partial charge in [0.05, 0.1) is 11.8 Å². The lowest BCUT2D eigenvalue weighted by molar-refractivity contribution is 0.0854. The number of nitrogens with one attached hydrogen (secondary N) is 1. The largest absolute Gasteiger partial charge is 0.508 e. The molecule has 1 amide bonds. The number of fused-ring (bicyclic) bond motifs is 1. The van der Waals surface area contributed by atoms with Crippen LogP contribution in [0.4, 0.5) is 5.69 Å². The summed E-state index contributed by atoms with van der Waals surface area (Å²) >= 11 is 0. The first-order valence-electron chi connectivity index (χ1n) is 9.37. The molecule has 2 N–H and O–H groups in total. The van der Waals surface area contributed by atoms with Crippen LogP contribution in [0.3, 0.4) is 0 Å². The number of phenolic OH excluding ortho intramolecular Hbond substituents is 1. The van der Waals surface area contributed by atoms with Gasteiger partial charge in [0.25, 0.3) is 5.91 Å². The van der Waals surface area contributed by atoms with Crippen LogP contribution < -0.4 is 10.9 Å². The summed E-state index contributed by atoms with van der Waals surface area (Å²) in [4.78, 5) is 17.5. The summed E-state index contributed by atoms with van der Waals surface area (Å²) in [5.74, 6) is -0.171. The summed E-state index contributed by atoms with van der Waals surface area (Å²) in [7, 11) is 0. The van der Waals surface area contributed by atoms with Crippen LogP contribution in [0.2, 0.25) is 0 Å². The Kier molecular flexibility index (Phi) is 5.12. The van der Waals surface area contributed by atoms with Crippen molar-refractivity contribution < 1.29 is 19.1 Å². The van der Waals surface area contributed by atoms with Crippen LogP contribution in [0.15, 0.2) is 57.9 Å². The first-order valence-corrected chi connectivity index (χ1v) is 9.37. The minimum Gasteiger partial charge on any atom is -0.508 e. The SMILES string of the molecule is Cc1ccccc1N=c1oc2cc(O)ccc2cc1C(=O)NCC1CCCO1. The first kappa shape index (κ1) is 18.3. The predicted octanol–water partition coefficient (Wildman–Crippen LogP) is 3.59. The van der Waals surface area contributed by atoms with Crippen LogP contribution in [0.5, 0.6) is 5.75 Å². The van der Waals surface area contributed by atoms with Crippen molar-refractivity contribution in [3.63, 3.8) is 0 Å². The standard InChI is InChI=1S/C22H22N2O4/c1-14-5-2-3-7-19(14)24-22-18(21(26)23-13-17-6-4-10-27-17)11-15-8-9-16(25)12-20(15)28-22/h2-3,5,7-9,11-12,17,25H,4,6,10,13H2,1H3,(H,23,26). The highest BCUT2D eigenvalue weighted by molar-refractivity contribution is 5.96. The molecule has 6 nitrogen and oxygen atoms in total. The third-order valence-corrected chi connectivity index (χ3v) is 4.83. The van der Waals surface area contributed by atoms with E-state index in [1.165, 1.54) is 6.07 Å². The highest BCUT2D eigenvalue weighted by atomic mass is 16.5. The van der Waals surface area contributed by atoms with Gasteiger partial charge in [-0.3, -0.25) is 4.79 Å². The molecule has 1 aliphatic heterocycles. The summed E-state index contributed by atoms with van der Waals surface area (Å²) in [6, 6.07) is 14.1. The summed E-state index contributed by atoms with van der Waals surface area (Å²) in [6.07, 6.45) is 2.01. The van der Waals surface area contributed by atoms with E-state index in [0.717, 1.165) is 30.7 Å². The van der Waals surface area contributed by atoms with Gasteiger partial charge in [0.15, 0.2) is 0 Å². The van der Waals surface area contributed by atoms with Crippen molar-refractivity contribution in [1.82, 2.24) is 5.32 Å². The quantitative estimate of drug-likeness (QED) is 0.727. The van der Waals surface area contributed by atoms with Gasteiger partial charge in [0.1, 0.15) is 16.9 Å². The second-order valence-electron chi connectivity index (χ2n) is 6.93. The topological polar surface area (TPSA) is 84.1 Å². The summed E-state index contributed by atoms with van der Waals surface area (Å²) < 4.78 is 11.5. The van der Waals surface area contributed by atoms with Crippen molar-refractivity contribution in [3.8, 4) is 5.75 Å². The highest BCUT2D eigenvalue weighted by Gasteiger charge is 2.18. The average molecular weight is 378 g/mol. The lowest BCUT2D eigenvalue weighted by Gasteiger charge is -2.11. The molecule has 144 valence electrons. The number of phenols is 1. The zero-order valence-electron chi connectivity index (χ0n) is 15.6. The van der Waals surface area contributed by atoms with Gasteiger partial charge in [-0.25, -0.2) is 4.99 Å². The molecule has 0 bridgehead atoms. The molecule has 1 atom stereocenters. The van der Waals surface area contributed by atoms with Crippen LogP contribution in [0, 0.1) is 6.92 Å². The van der Waals surface area contributed by atoms with Crippen molar-refractivity contribution in [3.05, 3.63) is 65.2 Å². The molecule has 0 spiro atoms. The summed E-state index contributed by atoms with van der Waals surface area (Å²) in [6.45, 7) is 3.14. The normalized spacial score (nSPS) is 17.2. The molecule has 1 saturated heterocycles. The van der Waals surface area contributed by atoms with Gasteiger partial charge < -0.3 is 19.6 Å². The van der Waals surface area contributed by atoms with Gasteiger partial charge in [-0.15, -0.1) is 0 Å². The highest BCUT2D eigenvalue weighted by Crippen LogP contribution is 2.21. The lowest BCUT2D eigenvalue weighted by Crippen LogP contribution is -2.34. The van der Waals surface area contributed by atoms with E-state index in [0.29, 0.717) is 23.1 Å². The molecule has 0 saturated carbocycles. The maximum absolute atomic E-state index is 12.9. The fourth-order valence-corrected chi connectivity index (χ4v) is 3.26. The molecule has 1 aliphatic rings. The van der Waals surface area contributed by atoms with Crippen LogP contribution in [-0.4, -0.2) is 30.3 Å². The van der Waals surface area contributed by atoms with E-state index in [-0.39, 0.29) is 23.3 Å². The van der Waals surface area contributed by atoms with Crippen molar-refractivity contribution in [2.24, 2.45) is 4.99 Å². The number of hydrogen-bond donors (Lipinski definition) is 2. The van der Waals surface area contributed by atoms with E-state index >= 15 is 0 Å². The minimum absolute atomic E-state index is 0.0510. The monoisotopic (exact) mass is 378 g/mol. The Labute approximate surface area is 162 Å². The number of benzene rings is 2. The number of ether oxygens (including phenoxy) is 1. The summed E-state index contributed by atoms with van der Waals surface area (Å²) in [5, 5.41) is 13.4. The molecule has 28 heavy (non-hydrogen) atoms. The van der Waals surface area contributed by atoms with E-state index in [1.54, 1.807) is 18.2 Å². The second-order valence-corrected chi connectivity index (χ2v) is 6.93. The molecule has 3 aromatic rings. The Morgan fingerprint density at radius 1 is 1.25 bits per heavy atom. The third-order valence-electron chi connectivity index (χ3n) is 4.83. The van der Waals surface area contributed by atoms with Crippen LogP contribution >= 0.6 is 0 Å². The van der Waals surface area contributed by atoms with Crippen LogP contribution in [0.1, 0.15) is 28.8 Å². The molecule has 6 heteroatoms. The molecule has 0 aliphatic carbocycles. The van der Waals surface area contributed by atoms with Crippen LogP contribution in [-0.2, 0) is 4.74 Å². The van der Waals surface area contributed by atoms with Crippen molar-refractivity contribution in [2.75, 3.05) is 13.2 Å². The molecule has 1 unspecified atom stereocenters. The Balaban J connectivity index is 1.77. The number of carbonyl (C=O) groups is 1. The number of amides is 1. The molecule has 0 radical (unpaired) electrons. The number of rotatable bonds is 4. The summed E-state index contributed by atoms with van der Waals surface area (Å²) in [5.41, 5.74) is 2.71. The zero-order valence-corrected chi connectivity index (χ0v) is 15.6. The molecule has 1 fully saturated rings. The number of carbonyl (C=O) groups excluding carboxylic acids is 1. The number of nitrogens with zero attached hydrogens (tertiary/aromatic N) is 1. The second kappa shape index (κ2) is 7.86. The number of para-hydroxylation sites is 1. The van der Waals surface area contributed by atoms with E-state index in [1.807, 2.05) is 31.2 Å². The van der Waals surface area contributed by atoms with Crippen LogP contribution in [0.25, 0.3) is 11.0 Å². The maximum atomic E-state index is 12.9. The molecule has 4 rings (SSSR count). The van der Waals surface area contributed by atoms with E-state index < -0.39 is 0 Å². The maximum Gasteiger partial charge on any atom is 0.256 e. The smallest absolute Gasteiger partial charge is 0.256 e. The zero-order chi connectivity index (χ0) is 19.5. The van der Waals surface area contributed by atoms with Crippen molar-refractivity contribution >= 4 is 22.6 Å². The van der Waals surface area contributed by atoms with E-state index in [9.17, 15) is 9.90 Å². The Hall–Kier alpha value is -3.12. The Morgan fingerprint density at radius 2 is 2.11 bits per heavy atom. The molecule has 2 heterocycles. The van der Waals surface area contributed by atoms with Gasteiger partial charge in [0.2, 0.25) is 5.55 Å². The van der Waals surface area contributed by atoms with E-state index in [2.05, 4.69) is 10.3 Å².